The van der Waals surface area contributed by atoms with Crippen LogP contribution in [0.2, 0.25) is 0 Å². The quantitative estimate of drug-likeness (QED) is 0.132. The Morgan fingerprint density at radius 1 is 1.09 bits per heavy atom. The van der Waals surface area contributed by atoms with Crippen molar-refractivity contribution in [3.05, 3.63) is 58.2 Å². The second-order valence-electron chi connectivity index (χ2n) is 20.0. The summed E-state index contributed by atoms with van der Waals surface area (Å²) in [5, 5.41) is 12.8. The lowest BCUT2D eigenvalue weighted by Gasteiger charge is -2.33. The van der Waals surface area contributed by atoms with Crippen molar-refractivity contribution in [3.8, 4) is 34.4 Å². The Kier molecular flexibility index (Phi) is 17.2. The number of thiazole rings is 1. The molecular weight excluding hydrogens is 907 g/mol. The van der Waals surface area contributed by atoms with Gasteiger partial charge in [0.05, 0.1) is 47.3 Å². The number of cyclic esters (lactones) is 1. The van der Waals surface area contributed by atoms with Crippen molar-refractivity contribution in [2.45, 2.75) is 111 Å². The minimum Gasteiger partial charge on any atom is -0.464 e. The maximum Gasteiger partial charge on any atom is 0.323 e. The largest absolute Gasteiger partial charge is 0.464 e. The molecule has 3 aliphatic heterocycles. The minimum atomic E-state index is -1.01. The van der Waals surface area contributed by atoms with Crippen molar-refractivity contribution in [2.24, 2.45) is 17.3 Å². The van der Waals surface area contributed by atoms with E-state index in [2.05, 4.69) is 82.3 Å². The van der Waals surface area contributed by atoms with Gasteiger partial charge in [0.2, 0.25) is 17.7 Å². The average molecular weight is 978 g/mol. The van der Waals surface area contributed by atoms with Gasteiger partial charge in [-0.15, -0.1) is 11.3 Å². The fourth-order valence-electron chi connectivity index (χ4n) is 9.90. The number of aryl methyl sites for hydroxylation is 1. The number of benzene rings is 1. The summed E-state index contributed by atoms with van der Waals surface area (Å²) in [5.41, 5.74) is 6.15. The first-order valence-electron chi connectivity index (χ1n) is 24.8. The normalized spacial score (nSPS) is 21.0. The van der Waals surface area contributed by atoms with Gasteiger partial charge in [0.25, 0.3) is 5.91 Å². The molecule has 376 valence electrons. The number of carbonyl (C=O) groups is 5. The number of aromatic nitrogens is 3. The molecule has 0 saturated carbocycles. The van der Waals surface area contributed by atoms with E-state index in [-0.39, 0.29) is 55.3 Å². The van der Waals surface area contributed by atoms with Crippen LogP contribution in [0.5, 0.6) is 0 Å². The van der Waals surface area contributed by atoms with Crippen LogP contribution in [-0.2, 0) is 52.8 Å². The number of fused-ring (bicyclic) bond motifs is 4. The van der Waals surface area contributed by atoms with Gasteiger partial charge >= 0.3 is 5.97 Å². The lowest BCUT2D eigenvalue weighted by molar-refractivity contribution is -0.149. The minimum absolute atomic E-state index is 0.120. The Morgan fingerprint density at radius 3 is 2.57 bits per heavy atom. The van der Waals surface area contributed by atoms with Crippen molar-refractivity contribution in [1.29, 1.82) is 0 Å². The predicted octanol–water partition coefficient (Wildman–Crippen LogP) is 5.23. The molecule has 1 aromatic carbocycles. The fraction of sp³-hybridized carbons (Fsp3) is 0.566. The number of rotatable bonds is 11. The van der Waals surface area contributed by atoms with Crippen molar-refractivity contribution in [3.63, 3.8) is 0 Å². The lowest BCUT2D eigenvalue weighted by Crippen LogP contribution is -2.57. The maximum atomic E-state index is 14.4. The molecule has 16 nitrogen and oxygen atoms in total. The number of pyridine rings is 1. The summed E-state index contributed by atoms with van der Waals surface area (Å²) in [7, 11) is 5.06. The van der Waals surface area contributed by atoms with Crippen molar-refractivity contribution >= 4 is 51.8 Å². The molecule has 0 spiro atoms. The van der Waals surface area contributed by atoms with Gasteiger partial charge < -0.3 is 39.8 Å². The van der Waals surface area contributed by atoms with E-state index >= 15 is 0 Å². The Bertz CT molecular complexity index is 2610. The Hall–Kier alpha value is -5.67. The number of esters is 1. The SMILES string of the molecule is CCn1c(-c2cccnc2[C@H](C)OC)c2c3cc(ccc31)-c1csc(n1)C[C@H](NC(=O)[C@H](C(C)C)N(C)C(=O)[C@H]1CCN(CC#CC(=O)N3CCC3)C1)C(=O)NCCC[C@H](NC)C(=O)OCC(C)(C)C2. The molecule has 3 aliphatic rings. The summed E-state index contributed by atoms with van der Waals surface area (Å²) in [6.45, 7) is 16.3. The molecule has 4 amide bonds. The number of likely N-dealkylation sites (tertiary alicyclic amines) is 2. The molecule has 0 unspecified atom stereocenters. The van der Waals surface area contributed by atoms with Gasteiger partial charge in [-0.3, -0.25) is 33.9 Å². The zero-order valence-corrected chi connectivity index (χ0v) is 43.2. The topological polar surface area (TPSA) is 180 Å². The third-order valence-electron chi connectivity index (χ3n) is 14.0. The van der Waals surface area contributed by atoms with Gasteiger partial charge in [-0.05, 0) is 101 Å². The van der Waals surface area contributed by atoms with E-state index < -0.39 is 35.4 Å². The summed E-state index contributed by atoms with van der Waals surface area (Å²) < 4.78 is 14.2. The number of hydrogen-bond acceptors (Lipinski definition) is 12. The molecule has 7 rings (SSSR count). The second-order valence-corrected chi connectivity index (χ2v) is 21.0. The maximum absolute atomic E-state index is 14.4. The highest BCUT2D eigenvalue weighted by molar-refractivity contribution is 7.10. The Labute approximate surface area is 416 Å². The van der Waals surface area contributed by atoms with Crippen molar-refractivity contribution < 1.29 is 33.4 Å². The van der Waals surface area contributed by atoms with E-state index in [1.807, 2.05) is 32.2 Å². The number of likely N-dealkylation sites (N-methyl/N-ethyl adjacent to an activating group) is 2. The van der Waals surface area contributed by atoms with Gasteiger partial charge in [0.1, 0.15) is 18.1 Å². The molecule has 5 atom stereocenters. The molecule has 0 radical (unpaired) electrons. The number of methoxy groups -OCH3 is 1. The lowest BCUT2D eigenvalue weighted by atomic mass is 9.84. The van der Waals surface area contributed by atoms with Crippen LogP contribution < -0.4 is 16.0 Å². The van der Waals surface area contributed by atoms with E-state index in [0.29, 0.717) is 56.9 Å². The number of amides is 4. The first kappa shape index (κ1) is 52.2. The molecule has 4 bridgehead atoms. The van der Waals surface area contributed by atoms with E-state index in [1.54, 1.807) is 32.3 Å². The van der Waals surface area contributed by atoms with Crippen LogP contribution in [0.25, 0.3) is 33.4 Å². The summed E-state index contributed by atoms with van der Waals surface area (Å²) in [6.07, 6.45) is 4.73. The van der Waals surface area contributed by atoms with Crippen LogP contribution in [0.4, 0.5) is 0 Å². The fourth-order valence-corrected chi connectivity index (χ4v) is 10.8. The zero-order chi connectivity index (χ0) is 50.3. The molecule has 2 saturated heterocycles. The second kappa shape index (κ2) is 23.0. The molecule has 17 heteroatoms. The molecule has 0 aliphatic carbocycles. The molecule has 70 heavy (non-hydrogen) atoms. The van der Waals surface area contributed by atoms with Crippen molar-refractivity contribution in [1.82, 2.24) is 45.2 Å². The Balaban J connectivity index is 1.18. The average Bonchev–Trinajstić information content (AvgIpc) is 4.07. The number of ether oxygens (including phenoxy) is 2. The summed E-state index contributed by atoms with van der Waals surface area (Å²) in [4.78, 5) is 83.7. The molecule has 6 heterocycles. The first-order chi connectivity index (χ1) is 33.5. The monoisotopic (exact) mass is 978 g/mol. The van der Waals surface area contributed by atoms with Crippen LogP contribution in [-0.4, -0.2) is 144 Å². The molecular formula is C53H71N9O7S. The third-order valence-corrected chi connectivity index (χ3v) is 14.8. The van der Waals surface area contributed by atoms with Gasteiger partial charge in [-0.1, -0.05) is 39.7 Å². The third kappa shape index (κ3) is 11.9. The highest BCUT2D eigenvalue weighted by Gasteiger charge is 2.38. The number of carbonyl (C=O) groups excluding carboxylic acids is 5. The number of nitrogens with zero attached hydrogens (tertiary/aromatic N) is 6. The molecule has 3 N–H and O–H groups in total. The number of nitrogens with one attached hydrogen (secondary N) is 3. The van der Waals surface area contributed by atoms with Crippen LogP contribution in [0, 0.1) is 29.1 Å². The summed E-state index contributed by atoms with van der Waals surface area (Å²) in [5.74, 6) is 3.59. The highest BCUT2D eigenvalue weighted by atomic mass is 32.1. The van der Waals surface area contributed by atoms with Crippen LogP contribution in [0.3, 0.4) is 0 Å². The first-order valence-corrected chi connectivity index (χ1v) is 25.7. The van der Waals surface area contributed by atoms with Gasteiger partial charge in [0, 0.05) is 92.3 Å². The predicted molar refractivity (Wildman–Crippen MR) is 271 cm³/mol. The zero-order valence-electron chi connectivity index (χ0n) is 42.4. The van der Waals surface area contributed by atoms with Gasteiger partial charge in [0.15, 0.2) is 0 Å². The highest BCUT2D eigenvalue weighted by Crippen LogP contribution is 2.42. The van der Waals surface area contributed by atoms with E-state index in [1.165, 1.54) is 16.2 Å². The summed E-state index contributed by atoms with van der Waals surface area (Å²) >= 11 is 1.42. The smallest absolute Gasteiger partial charge is 0.323 e. The molecule has 4 aromatic rings. The van der Waals surface area contributed by atoms with E-state index in [4.69, 9.17) is 19.4 Å². The molecule has 2 fully saturated rings. The van der Waals surface area contributed by atoms with Crippen LogP contribution in [0.1, 0.15) is 89.6 Å². The van der Waals surface area contributed by atoms with E-state index in [0.717, 1.165) is 64.2 Å². The van der Waals surface area contributed by atoms with E-state index in [9.17, 15) is 24.0 Å². The summed E-state index contributed by atoms with van der Waals surface area (Å²) in [6, 6.07) is 7.94. The van der Waals surface area contributed by atoms with Crippen LogP contribution >= 0.6 is 11.3 Å². The van der Waals surface area contributed by atoms with Gasteiger partial charge in [-0.25, -0.2) is 4.98 Å². The number of hydrogen-bond donors (Lipinski definition) is 3. The molecule has 3 aromatic heterocycles. The van der Waals surface area contributed by atoms with Crippen molar-refractivity contribution in [2.75, 3.05) is 67.1 Å². The van der Waals surface area contributed by atoms with Crippen LogP contribution in [0.15, 0.2) is 41.9 Å². The van der Waals surface area contributed by atoms with Gasteiger partial charge in [-0.2, -0.15) is 0 Å². The standard InChI is InChI=1S/C53H71N9O7S/c1-10-62-43-19-18-35-27-38(43)39(48(62)37-15-11-21-55-46(37)34(4)68-9)29-53(5,6)32-69-52(67)40(54-7)16-12-22-56-49(64)41(28-44-57-42(35)31-70-44)58-50(65)47(33(2)3)59(8)51(66)36-20-26-60(30-36)23-13-17-45(63)61-24-14-25-61/h11,15,18-19,21,27,31,33-34,36,40-41,47,54H,10,12,14,16,20,22-26,28-30,32H2,1-9H3,(H,56,64)(H,58,65)/t34-,36-,40-,41-,47-/m0/s1. The Morgan fingerprint density at radius 2 is 1.87 bits per heavy atom.